The van der Waals surface area contributed by atoms with Gasteiger partial charge in [-0.1, -0.05) is 30.3 Å². The van der Waals surface area contributed by atoms with E-state index in [1.54, 1.807) is 0 Å². The first kappa shape index (κ1) is 8.73. The normalized spacial score (nSPS) is 28.7. The van der Waals surface area contributed by atoms with Gasteiger partial charge in [0.2, 0.25) is 0 Å². The van der Waals surface area contributed by atoms with Crippen molar-refractivity contribution in [3.8, 4) is 0 Å². The minimum Gasteiger partial charge on any atom is -0.327 e. The van der Waals surface area contributed by atoms with Gasteiger partial charge in [-0.2, -0.15) is 0 Å². The molecule has 1 saturated heterocycles. The lowest BCUT2D eigenvalue weighted by Crippen LogP contribution is -2.43. The van der Waals surface area contributed by atoms with E-state index < -0.39 is 0 Å². The maximum Gasteiger partial charge on any atom is 0.0132 e. The fraction of sp³-hybridized carbons (Fsp3) is 0.455. The molecule has 0 aliphatic carbocycles. The minimum atomic E-state index is 0.323. The third-order valence-electron chi connectivity index (χ3n) is 2.76. The highest BCUT2D eigenvalue weighted by molar-refractivity contribution is 5.22. The second-order valence-electron chi connectivity index (χ2n) is 3.67. The van der Waals surface area contributed by atoms with Crippen LogP contribution in [0.2, 0.25) is 0 Å². The summed E-state index contributed by atoms with van der Waals surface area (Å²) in [5.74, 6) is 0.495. The van der Waals surface area contributed by atoms with Crippen molar-refractivity contribution in [1.82, 2.24) is 5.32 Å². The van der Waals surface area contributed by atoms with E-state index in [9.17, 15) is 0 Å². The summed E-state index contributed by atoms with van der Waals surface area (Å²) >= 11 is 0. The van der Waals surface area contributed by atoms with Crippen molar-refractivity contribution in [3.05, 3.63) is 35.9 Å². The number of nitrogens with two attached hydrogens (primary N) is 1. The summed E-state index contributed by atoms with van der Waals surface area (Å²) in [7, 11) is 0. The van der Waals surface area contributed by atoms with E-state index in [-0.39, 0.29) is 0 Å². The van der Waals surface area contributed by atoms with Gasteiger partial charge in [0, 0.05) is 18.5 Å². The van der Waals surface area contributed by atoms with Gasteiger partial charge in [-0.05, 0) is 18.5 Å². The van der Waals surface area contributed by atoms with Gasteiger partial charge < -0.3 is 11.1 Å². The first-order valence-electron chi connectivity index (χ1n) is 4.89. The van der Waals surface area contributed by atoms with Crippen molar-refractivity contribution in [3.63, 3.8) is 0 Å². The van der Waals surface area contributed by atoms with Crippen LogP contribution in [0.15, 0.2) is 30.3 Å². The van der Waals surface area contributed by atoms with Crippen molar-refractivity contribution < 1.29 is 0 Å². The van der Waals surface area contributed by atoms with Gasteiger partial charge >= 0.3 is 0 Å². The van der Waals surface area contributed by atoms with Crippen molar-refractivity contribution >= 4 is 0 Å². The van der Waals surface area contributed by atoms with Crippen LogP contribution < -0.4 is 11.1 Å². The Labute approximate surface area is 79.1 Å². The van der Waals surface area contributed by atoms with Crippen molar-refractivity contribution in [2.75, 3.05) is 13.1 Å². The first-order valence-corrected chi connectivity index (χ1v) is 4.89. The second kappa shape index (κ2) is 3.90. The van der Waals surface area contributed by atoms with E-state index in [1.165, 1.54) is 5.56 Å². The van der Waals surface area contributed by atoms with Gasteiger partial charge in [-0.15, -0.1) is 0 Å². The number of rotatable bonds is 1. The van der Waals surface area contributed by atoms with Gasteiger partial charge in [0.1, 0.15) is 0 Å². The van der Waals surface area contributed by atoms with Gasteiger partial charge in [0.25, 0.3) is 0 Å². The lowest BCUT2D eigenvalue weighted by Gasteiger charge is -2.29. The molecule has 2 rings (SSSR count). The summed E-state index contributed by atoms with van der Waals surface area (Å²) in [6.45, 7) is 2.08. The first-order chi connectivity index (χ1) is 6.38. The maximum atomic E-state index is 6.07. The Hall–Kier alpha value is -0.860. The van der Waals surface area contributed by atoms with Crippen LogP contribution in [0.5, 0.6) is 0 Å². The monoisotopic (exact) mass is 176 g/mol. The maximum absolute atomic E-state index is 6.07. The fourth-order valence-corrected chi connectivity index (χ4v) is 1.94. The predicted octanol–water partition coefficient (Wildman–Crippen LogP) is 1.09. The van der Waals surface area contributed by atoms with E-state index >= 15 is 0 Å². The Morgan fingerprint density at radius 2 is 2.00 bits per heavy atom. The molecule has 1 heterocycles. The molecule has 0 saturated carbocycles. The Morgan fingerprint density at radius 1 is 1.23 bits per heavy atom. The summed E-state index contributed by atoms with van der Waals surface area (Å²) in [4.78, 5) is 0. The highest BCUT2D eigenvalue weighted by Gasteiger charge is 2.22. The Kier molecular flexibility index (Phi) is 2.62. The van der Waals surface area contributed by atoms with Crippen LogP contribution in [0, 0.1) is 0 Å². The van der Waals surface area contributed by atoms with E-state index in [2.05, 4.69) is 29.6 Å². The average molecular weight is 176 g/mol. The Balaban J connectivity index is 2.15. The third-order valence-corrected chi connectivity index (χ3v) is 2.76. The summed E-state index contributed by atoms with van der Waals surface area (Å²) in [5.41, 5.74) is 7.43. The van der Waals surface area contributed by atoms with Gasteiger partial charge in [0.15, 0.2) is 0 Å². The molecule has 0 amide bonds. The van der Waals surface area contributed by atoms with E-state index in [0.717, 1.165) is 19.5 Å². The molecule has 0 unspecified atom stereocenters. The van der Waals surface area contributed by atoms with Crippen molar-refractivity contribution in [2.45, 2.75) is 18.4 Å². The largest absolute Gasteiger partial charge is 0.327 e. The van der Waals surface area contributed by atoms with Gasteiger partial charge in [-0.25, -0.2) is 0 Å². The summed E-state index contributed by atoms with van der Waals surface area (Å²) in [5, 5.41) is 3.38. The summed E-state index contributed by atoms with van der Waals surface area (Å²) in [6.07, 6.45) is 1.08. The number of nitrogens with one attached hydrogen (secondary N) is 1. The van der Waals surface area contributed by atoms with E-state index in [1.807, 2.05) is 6.07 Å². The molecule has 2 nitrogen and oxygen atoms in total. The molecule has 2 atom stereocenters. The van der Waals surface area contributed by atoms with Gasteiger partial charge in [0.05, 0.1) is 0 Å². The van der Waals surface area contributed by atoms with Crippen LogP contribution in [-0.4, -0.2) is 19.1 Å². The number of piperidine rings is 1. The molecule has 3 N–H and O–H groups in total. The van der Waals surface area contributed by atoms with Crippen LogP contribution in [0.25, 0.3) is 0 Å². The lowest BCUT2D eigenvalue weighted by molar-refractivity contribution is 0.403. The quantitative estimate of drug-likeness (QED) is 0.672. The molecule has 0 spiro atoms. The Bertz CT molecular complexity index is 258. The highest BCUT2D eigenvalue weighted by atomic mass is 14.9. The van der Waals surface area contributed by atoms with Crippen LogP contribution >= 0.6 is 0 Å². The molecule has 0 aromatic heterocycles. The van der Waals surface area contributed by atoms with Gasteiger partial charge in [-0.3, -0.25) is 0 Å². The number of benzene rings is 1. The molecular weight excluding hydrogens is 160 g/mol. The second-order valence-corrected chi connectivity index (χ2v) is 3.67. The molecule has 1 aromatic rings. The van der Waals surface area contributed by atoms with Crippen molar-refractivity contribution in [2.24, 2.45) is 5.73 Å². The minimum absolute atomic E-state index is 0.323. The molecule has 0 bridgehead atoms. The fourth-order valence-electron chi connectivity index (χ4n) is 1.94. The Morgan fingerprint density at radius 3 is 2.69 bits per heavy atom. The molecule has 1 aliphatic heterocycles. The number of hydrogen-bond donors (Lipinski definition) is 2. The molecule has 1 aliphatic rings. The zero-order chi connectivity index (χ0) is 9.10. The molecule has 70 valence electrons. The average Bonchev–Trinajstić information content (AvgIpc) is 2.20. The lowest BCUT2D eigenvalue weighted by atomic mass is 9.88. The van der Waals surface area contributed by atoms with E-state index in [0.29, 0.717) is 12.0 Å². The number of hydrogen-bond acceptors (Lipinski definition) is 2. The molecule has 1 aromatic carbocycles. The van der Waals surface area contributed by atoms with Crippen LogP contribution in [0.4, 0.5) is 0 Å². The van der Waals surface area contributed by atoms with Crippen LogP contribution in [0.1, 0.15) is 17.9 Å². The molecule has 2 heteroatoms. The molecule has 1 fully saturated rings. The summed E-state index contributed by atoms with van der Waals surface area (Å²) < 4.78 is 0. The SMILES string of the molecule is N[C@H]1CCNC[C@H]1c1ccccc1. The van der Waals surface area contributed by atoms with Crippen LogP contribution in [0.3, 0.4) is 0 Å². The van der Waals surface area contributed by atoms with Crippen molar-refractivity contribution in [1.29, 1.82) is 0 Å². The van der Waals surface area contributed by atoms with Crippen LogP contribution in [-0.2, 0) is 0 Å². The summed E-state index contributed by atoms with van der Waals surface area (Å²) in [6, 6.07) is 10.9. The molecule has 13 heavy (non-hydrogen) atoms. The zero-order valence-corrected chi connectivity index (χ0v) is 7.74. The molecular formula is C11H16N2. The highest BCUT2D eigenvalue weighted by Crippen LogP contribution is 2.21. The zero-order valence-electron chi connectivity index (χ0n) is 7.74. The smallest absolute Gasteiger partial charge is 0.0132 e. The third kappa shape index (κ3) is 1.90. The standard InChI is InChI=1S/C11H16N2/c12-11-6-7-13-8-10(11)9-4-2-1-3-5-9/h1-5,10-11,13H,6-8,12H2/t10-,11-/m0/s1. The topological polar surface area (TPSA) is 38.0 Å². The predicted molar refractivity (Wildman–Crippen MR) is 54.6 cm³/mol. The molecule has 0 radical (unpaired) electrons. The van der Waals surface area contributed by atoms with E-state index in [4.69, 9.17) is 5.73 Å².